The van der Waals surface area contributed by atoms with E-state index in [-0.39, 0.29) is 0 Å². The molecule has 152 valence electrons. The number of fused-ring (bicyclic) bond motifs is 6. The molecule has 0 saturated heterocycles. The maximum absolute atomic E-state index is 6.11. The zero-order chi connectivity index (χ0) is 21.3. The topological polar surface area (TPSA) is 31.2 Å². The van der Waals surface area contributed by atoms with Gasteiger partial charge in [0.15, 0.2) is 0 Å². The minimum atomic E-state index is 0.803. The van der Waals surface area contributed by atoms with E-state index in [0.717, 1.165) is 63.8 Å². The van der Waals surface area contributed by atoms with Gasteiger partial charge in [0, 0.05) is 0 Å². The van der Waals surface area contributed by atoms with Gasteiger partial charge in [0.05, 0.1) is 0 Å². The first-order valence-electron chi connectivity index (χ1n) is 10.3. The molecule has 31 heavy (non-hydrogen) atoms. The molecule has 4 nitrogen and oxygen atoms in total. The predicted molar refractivity (Wildman–Crippen MR) is 129 cm³/mol. The van der Waals surface area contributed by atoms with Crippen LogP contribution in [0.4, 0.5) is 0 Å². The van der Waals surface area contributed by atoms with Crippen molar-refractivity contribution in [3.8, 4) is 11.6 Å². The average Bonchev–Trinajstić information content (AvgIpc) is 3.28. The standard InChI is InChI=1S/C26H20N2O2.Bi.2H/c1-16-22(29-3)13-12-19-17-8-4-6-10-21(17)28(26(16)19)25-14-20-18-9-5-7-11-23(18)30-24(20)15-27(25)2;;;/h5-15H,1-3H3;;;/q+1;;;. The fourth-order valence-electron chi connectivity index (χ4n) is 4.76. The van der Waals surface area contributed by atoms with Crippen molar-refractivity contribution >= 4 is 71.7 Å². The van der Waals surface area contributed by atoms with Crippen LogP contribution in [0.15, 0.2) is 71.3 Å². The van der Waals surface area contributed by atoms with E-state index in [2.05, 4.69) is 77.8 Å². The number of hydrogen-bond acceptors (Lipinski definition) is 2. The summed E-state index contributed by atoms with van der Waals surface area (Å²) in [6.07, 6.45) is 2.08. The van der Waals surface area contributed by atoms with Crippen LogP contribution in [0.3, 0.4) is 0 Å². The van der Waals surface area contributed by atoms with Gasteiger partial charge in [-0.05, 0) is 0 Å². The molecule has 6 aromatic rings. The first kappa shape index (κ1) is 18.8. The van der Waals surface area contributed by atoms with Crippen molar-refractivity contribution in [2.24, 2.45) is 7.05 Å². The molecule has 0 bridgehead atoms. The van der Waals surface area contributed by atoms with Crippen LogP contribution in [0.1, 0.15) is 5.56 Å². The summed E-state index contributed by atoms with van der Waals surface area (Å²) in [4.78, 5) is 0. The van der Waals surface area contributed by atoms with Crippen LogP contribution in [0.25, 0.3) is 49.6 Å². The van der Waals surface area contributed by atoms with E-state index in [1.165, 1.54) is 25.1 Å². The molecule has 6 rings (SSSR count). The van der Waals surface area contributed by atoms with Crippen molar-refractivity contribution in [1.29, 1.82) is 0 Å². The summed E-state index contributed by atoms with van der Waals surface area (Å²) in [6.45, 7) is 2.14. The summed E-state index contributed by atoms with van der Waals surface area (Å²) in [6, 6.07) is 21.6. The zero-order valence-corrected chi connectivity index (χ0v) is 22.1. The third-order valence-electron chi connectivity index (χ3n) is 6.21. The summed E-state index contributed by atoms with van der Waals surface area (Å²) in [7, 11) is 3.82. The van der Waals surface area contributed by atoms with Gasteiger partial charge in [-0.15, -0.1) is 0 Å². The fraction of sp³-hybridized carbons (Fsp3) is 0.115. The summed E-state index contributed by atoms with van der Waals surface area (Å²) >= 11 is 0.803. The van der Waals surface area contributed by atoms with E-state index in [4.69, 9.17) is 9.15 Å². The SMILES string of the molecule is COc1ccc2c3c[c]([BiH2])ccc3n(-c3cc4c(c[n+]3C)oc3ccccc34)c2c1C. The summed E-state index contributed by atoms with van der Waals surface area (Å²) < 4.78 is 17.7. The van der Waals surface area contributed by atoms with Crippen molar-refractivity contribution in [1.82, 2.24) is 4.57 Å². The number of hydrogen-bond donors (Lipinski definition) is 0. The Morgan fingerprint density at radius 3 is 2.58 bits per heavy atom. The molecule has 0 aliphatic heterocycles. The Morgan fingerprint density at radius 2 is 1.74 bits per heavy atom. The van der Waals surface area contributed by atoms with Gasteiger partial charge < -0.3 is 0 Å². The summed E-state index contributed by atoms with van der Waals surface area (Å²) in [5.74, 6) is 2.00. The predicted octanol–water partition coefficient (Wildman–Crippen LogP) is 4.08. The molecule has 0 amide bonds. The monoisotopic (exact) mass is 603 g/mol. The maximum atomic E-state index is 6.11. The third kappa shape index (κ3) is 2.66. The first-order valence-corrected chi connectivity index (χ1v) is 12.5. The summed E-state index contributed by atoms with van der Waals surface area (Å²) in [5, 5.41) is 4.81. The molecular formula is C26H22BiN2O2+. The molecule has 0 fully saturated rings. The van der Waals surface area contributed by atoms with Gasteiger partial charge in [-0.1, -0.05) is 0 Å². The Kier molecular flexibility index (Phi) is 4.13. The average molecular weight is 603 g/mol. The number of ether oxygens (including phenoxy) is 1. The van der Waals surface area contributed by atoms with E-state index in [0.29, 0.717) is 0 Å². The Morgan fingerprint density at radius 1 is 0.903 bits per heavy atom. The molecule has 0 saturated carbocycles. The molecule has 0 spiro atoms. The molecule has 3 aromatic heterocycles. The quantitative estimate of drug-likeness (QED) is 0.221. The number of methoxy groups -OCH3 is 1. The molecule has 0 unspecified atom stereocenters. The van der Waals surface area contributed by atoms with Crippen molar-refractivity contribution in [3.63, 3.8) is 0 Å². The van der Waals surface area contributed by atoms with Crippen LogP contribution >= 0.6 is 0 Å². The fourth-order valence-corrected chi connectivity index (χ4v) is 5.78. The van der Waals surface area contributed by atoms with Gasteiger partial charge >= 0.3 is 195 Å². The molecular weight excluding hydrogens is 581 g/mol. The Bertz CT molecular complexity index is 1660. The second kappa shape index (κ2) is 6.80. The first-order chi connectivity index (χ1) is 15.1. The van der Waals surface area contributed by atoms with Gasteiger partial charge in [-0.25, -0.2) is 0 Å². The van der Waals surface area contributed by atoms with Crippen LogP contribution in [0.2, 0.25) is 0 Å². The second-order valence-corrected chi connectivity index (χ2v) is 10.6. The Labute approximate surface area is 194 Å². The van der Waals surface area contributed by atoms with Crippen LogP contribution in [0.5, 0.6) is 5.75 Å². The number of nitrogens with zero attached hydrogens (tertiary/aromatic N) is 2. The van der Waals surface area contributed by atoms with Gasteiger partial charge in [-0.2, -0.15) is 0 Å². The number of aromatic nitrogens is 2. The van der Waals surface area contributed by atoms with Gasteiger partial charge in [0.25, 0.3) is 0 Å². The van der Waals surface area contributed by atoms with Gasteiger partial charge in [0.2, 0.25) is 0 Å². The Balaban J connectivity index is 1.81. The molecule has 0 aliphatic carbocycles. The number of aryl methyl sites for hydroxylation is 2. The molecule has 0 N–H and O–H groups in total. The molecule has 3 aromatic carbocycles. The van der Waals surface area contributed by atoms with Crippen molar-refractivity contribution in [2.75, 3.05) is 7.11 Å². The molecule has 5 heteroatoms. The number of benzene rings is 3. The van der Waals surface area contributed by atoms with Crippen LogP contribution in [-0.4, -0.2) is 36.4 Å². The normalized spacial score (nSPS) is 11.9. The van der Waals surface area contributed by atoms with E-state index >= 15 is 0 Å². The van der Waals surface area contributed by atoms with E-state index in [9.17, 15) is 0 Å². The van der Waals surface area contributed by atoms with Crippen LogP contribution < -0.4 is 12.6 Å². The molecule has 3 heterocycles. The van der Waals surface area contributed by atoms with Crippen LogP contribution in [0, 0.1) is 6.92 Å². The van der Waals surface area contributed by atoms with E-state index in [1.807, 2.05) is 12.1 Å². The minimum absolute atomic E-state index is 0.803. The Hall–Kier alpha value is -2.91. The number of furan rings is 1. The second-order valence-electron chi connectivity index (χ2n) is 8.02. The zero-order valence-electron chi connectivity index (χ0n) is 17.6. The summed E-state index contributed by atoms with van der Waals surface area (Å²) in [5.41, 5.74) is 5.35. The molecule has 0 atom stereocenters. The van der Waals surface area contributed by atoms with Crippen molar-refractivity contribution < 1.29 is 13.7 Å². The van der Waals surface area contributed by atoms with Gasteiger partial charge in [0.1, 0.15) is 0 Å². The van der Waals surface area contributed by atoms with Gasteiger partial charge in [-0.3, -0.25) is 0 Å². The molecule has 0 aliphatic rings. The van der Waals surface area contributed by atoms with E-state index in [1.54, 1.807) is 7.11 Å². The number of para-hydroxylation sites is 1. The third-order valence-corrected chi connectivity index (χ3v) is 7.61. The molecule has 0 radical (unpaired) electrons. The number of rotatable bonds is 2. The van der Waals surface area contributed by atoms with Crippen molar-refractivity contribution in [3.05, 3.63) is 72.4 Å². The van der Waals surface area contributed by atoms with Crippen LogP contribution in [-0.2, 0) is 7.05 Å². The number of pyridine rings is 1. The van der Waals surface area contributed by atoms with Crippen molar-refractivity contribution in [2.45, 2.75) is 6.92 Å². The van der Waals surface area contributed by atoms with E-state index < -0.39 is 0 Å².